The lowest BCUT2D eigenvalue weighted by atomic mass is 10.0. The molecular weight excluding hydrogens is 212 g/mol. The van der Waals surface area contributed by atoms with Gasteiger partial charge in [0.05, 0.1) is 0 Å². The number of nitrogen functional groups attached to an aromatic ring is 1. The van der Waals surface area contributed by atoms with Gasteiger partial charge in [0.1, 0.15) is 11.3 Å². The SMILES string of the molecule is Nc1c2c(nc3c(O)cccc13)CCCCC2. The van der Waals surface area contributed by atoms with Crippen LogP contribution in [0.4, 0.5) is 5.69 Å². The molecule has 3 heteroatoms. The van der Waals surface area contributed by atoms with Gasteiger partial charge < -0.3 is 10.8 Å². The number of fused-ring (bicyclic) bond motifs is 2. The number of hydrogen-bond donors (Lipinski definition) is 2. The number of para-hydroxylation sites is 1. The Hall–Kier alpha value is -1.77. The zero-order valence-electron chi connectivity index (χ0n) is 9.74. The molecular formula is C14H16N2O. The van der Waals surface area contributed by atoms with Gasteiger partial charge in [-0.2, -0.15) is 0 Å². The molecule has 0 unspecified atom stereocenters. The van der Waals surface area contributed by atoms with E-state index >= 15 is 0 Å². The molecule has 1 heterocycles. The Morgan fingerprint density at radius 2 is 1.94 bits per heavy atom. The van der Waals surface area contributed by atoms with Crippen molar-refractivity contribution in [3.63, 3.8) is 0 Å². The van der Waals surface area contributed by atoms with Crippen molar-refractivity contribution in [2.45, 2.75) is 32.1 Å². The van der Waals surface area contributed by atoms with E-state index in [1.54, 1.807) is 6.07 Å². The molecule has 2 aromatic rings. The van der Waals surface area contributed by atoms with Gasteiger partial charge in [0.25, 0.3) is 0 Å². The van der Waals surface area contributed by atoms with E-state index in [0.717, 1.165) is 29.6 Å². The van der Waals surface area contributed by atoms with Gasteiger partial charge in [-0.25, -0.2) is 4.98 Å². The molecule has 1 aliphatic carbocycles. The van der Waals surface area contributed by atoms with Crippen LogP contribution in [-0.4, -0.2) is 10.1 Å². The minimum absolute atomic E-state index is 0.223. The standard InChI is InChI=1S/C14H16N2O/c15-13-9-5-2-1-3-7-11(9)16-14-10(13)6-4-8-12(14)17/h4,6,8,17H,1-3,5,7H2,(H2,15,16). The van der Waals surface area contributed by atoms with Gasteiger partial charge in [0.15, 0.2) is 0 Å². The Kier molecular flexibility index (Phi) is 2.39. The Labute approximate surface area is 100 Å². The number of phenolic OH excluding ortho intramolecular Hbond substituents is 1. The molecule has 3 N–H and O–H groups in total. The van der Waals surface area contributed by atoms with E-state index in [0.29, 0.717) is 5.52 Å². The first-order chi connectivity index (χ1) is 8.27. The van der Waals surface area contributed by atoms with Crippen molar-refractivity contribution >= 4 is 16.6 Å². The average molecular weight is 228 g/mol. The number of rotatable bonds is 0. The molecule has 0 spiro atoms. The van der Waals surface area contributed by atoms with Crippen molar-refractivity contribution in [2.24, 2.45) is 0 Å². The molecule has 0 aliphatic heterocycles. The van der Waals surface area contributed by atoms with E-state index in [2.05, 4.69) is 4.98 Å². The molecule has 0 fully saturated rings. The van der Waals surface area contributed by atoms with Gasteiger partial charge in [-0.05, 0) is 37.3 Å². The number of phenols is 1. The molecule has 1 aliphatic rings. The van der Waals surface area contributed by atoms with E-state index < -0.39 is 0 Å². The molecule has 0 saturated heterocycles. The predicted octanol–water partition coefficient (Wildman–Crippen LogP) is 2.79. The fourth-order valence-corrected chi connectivity index (χ4v) is 2.64. The third-order valence-electron chi connectivity index (χ3n) is 3.57. The summed E-state index contributed by atoms with van der Waals surface area (Å²) in [4.78, 5) is 4.61. The number of aromatic nitrogens is 1. The van der Waals surface area contributed by atoms with Crippen molar-refractivity contribution in [3.8, 4) is 5.75 Å². The van der Waals surface area contributed by atoms with Gasteiger partial charge in [-0.15, -0.1) is 0 Å². The second-order valence-electron chi connectivity index (χ2n) is 4.68. The largest absolute Gasteiger partial charge is 0.506 e. The van der Waals surface area contributed by atoms with Crippen LogP contribution in [0.5, 0.6) is 5.75 Å². The maximum atomic E-state index is 9.85. The molecule has 3 rings (SSSR count). The highest BCUT2D eigenvalue weighted by Crippen LogP contribution is 2.33. The van der Waals surface area contributed by atoms with Crippen LogP contribution in [0.25, 0.3) is 10.9 Å². The summed E-state index contributed by atoms with van der Waals surface area (Å²) in [7, 11) is 0. The summed E-state index contributed by atoms with van der Waals surface area (Å²) >= 11 is 0. The topological polar surface area (TPSA) is 59.1 Å². The molecule has 88 valence electrons. The third kappa shape index (κ3) is 1.62. The van der Waals surface area contributed by atoms with Crippen LogP contribution < -0.4 is 5.73 Å². The maximum absolute atomic E-state index is 9.85. The summed E-state index contributed by atoms with van der Waals surface area (Å²) in [5.41, 5.74) is 9.95. The summed E-state index contributed by atoms with van der Waals surface area (Å²) in [6, 6.07) is 5.42. The highest BCUT2D eigenvalue weighted by atomic mass is 16.3. The first-order valence-corrected chi connectivity index (χ1v) is 6.16. The van der Waals surface area contributed by atoms with Crippen molar-refractivity contribution in [2.75, 3.05) is 5.73 Å². The van der Waals surface area contributed by atoms with Crippen molar-refractivity contribution < 1.29 is 5.11 Å². The van der Waals surface area contributed by atoms with Crippen molar-refractivity contribution in [1.82, 2.24) is 4.98 Å². The molecule has 1 aromatic heterocycles. The zero-order chi connectivity index (χ0) is 11.8. The average Bonchev–Trinajstić information content (AvgIpc) is 2.56. The van der Waals surface area contributed by atoms with Gasteiger partial charge in [0.2, 0.25) is 0 Å². The smallest absolute Gasteiger partial charge is 0.141 e. The van der Waals surface area contributed by atoms with Crippen LogP contribution in [0, 0.1) is 0 Å². The summed E-state index contributed by atoms with van der Waals surface area (Å²) in [6.45, 7) is 0. The number of aryl methyl sites for hydroxylation is 1. The van der Waals surface area contributed by atoms with Crippen LogP contribution in [0.2, 0.25) is 0 Å². The number of anilines is 1. The number of nitrogens with two attached hydrogens (primary N) is 1. The van der Waals surface area contributed by atoms with Crippen LogP contribution in [0.15, 0.2) is 18.2 Å². The third-order valence-corrected chi connectivity index (χ3v) is 3.57. The van der Waals surface area contributed by atoms with Gasteiger partial charge in [-0.1, -0.05) is 18.6 Å². The highest BCUT2D eigenvalue weighted by molar-refractivity contribution is 5.95. The second-order valence-corrected chi connectivity index (χ2v) is 4.68. The van der Waals surface area contributed by atoms with E-state index in [1.807, 2.05) is 12.1 Å². The number of benzene rings is 1. The lowest BCUT2D eigenvalue weighted by Crippen LogP contribution is -2.03. The minimum atomic E-state index is 0.223. The summed E-state index contributed by atoms with van der Waals surface area (Å²) < 4.78 is 0. The first kappa shape index (κ1) is 10.4. The van der Waals surface area contributed by atoms with Gasteiger partial charge in [0, 0.05) is 16.8 Å². The number of nitrogens with zero attached hydrogens (tertiary/aromatic N) is 1. The molecule has 17 heavy (non-hydrogen) atoms. The van der Waals surface area contributed by atoms with Crippen molar-refractivity contribution in [1.29, 1.82) is 0 Å². The highest BCUT2D eigenvalue weighted by Gasteiger charge is 2.16. The summed E-state index contributed by atoms with van der Waals surface area (Å²) in [6.07, 6.45) is 5.57. The van der Waals surface area contributed by atoms with Crippen LogP contribution >= 0.6 is 0 Å². The summed E-state index contributed by atoms with van der Waals surface area (Å²) in [5.74, 6) is 0.223. The Morgan fingerprint density at radius 3 is 2.82 bits per heavy atom. The Balaban J connectivity index is 2.33. The lowest BCUT2D eigenvalue weighted by molar-refractivity contribution is 0.480. The number of hydrogen-bond acceptors (Lipinski definition) is 3. The Bertz CT molecular complexity index is 578. The first-order valence-electron chi connectivity index (χ1n) is 6.16. The quantitative estimate of drug-likeness (QED) is 0.682. The van der Waals surface area contributed by atoms with Crippen LogP contribution in [-0.2, 0) is 12.8 Å². The van der Waals surface area contributed by atoms with E-state index in [4.69, 9.17) is 5.73 Å². The minimum Gasteiger partial charge on any atom is -0.506 e. The molecule has 0 bridgehead atoms. The molecule has 1 aromatic carbocycles. The maximum Gasteiger partial charge on any atom is 0.141 e. The van der Waals surface area contributed by atoms with E-state index in [9.17, 15) is 5.11 Å². The van der Waals surface area contributed by atoms with Crippen LogP contribution in [0.3, 0.4) is 0 Å². The molecule has 0 atom stereocenters. The number of aromatic hydroxyl groups is 1. The fraction of sp³-hybridized carbons (Fsp3) is 0.357. The predicted molar refractivity (Wildman–Crippen MR) is 69.1 cm³/mol. The zero-order valence-corrected chi connectivity index (χ0v) is 9.74. The normalized spacial score (nSPS) is 15.5. The molecule has 3 nitrogen and oxygen atoms in total. The number of pyridine rings is 1. The van der Waals surface area contributed by atoms with Gasteiger partial charge in [-0.3, -0.25) is 0 Å². The molecule has 0 radical (unpaired) electrons. The second kappa shape index (κ2) is 3.91. The van der Waals surface area contributed by atoms with Crippen molar-refractivity contribution in [3.05, 3.63) is 29.5 Å². The Morgan fingerprint density at radius 1 is 1.12 bits per heavy atom. The molecule has 0 amide bonds. The van der Waals surface area contributed by atoms with E-state index in [-0.39, 0.29) is 5.75 Å². The molecule has 0 saturated carbocycles. The van der Waals surface area contributed by atoms with Gasteiger partial charge >= 0.3 is 0 Å². The fourth-order valence-electron chi connectivity index (χ4n) is 2.64. The lowest BCUT2D eigenvalue weighted by Gasteiger charge is -2.12. The van der Waals surface area contributed by atoms with E-state index in [1.165, 1.54) is 24.8 Å². The monoisotopic (exact) mass is 228 g/mol. The summed E-state index contributed by atoms with van der Waals surface area (Å²) in [5, 5.41) is 10.7. The van der Waals surface area contributed by atoms with Crippen LogP contribution in [0.1, 0.15) is 30.5 Å².